The van der Waals surface area contributed by atoms with Crippen molar-refractivity contribution in [1.29, 1.82) is 0 Å². The van der Waals surface area contributed by atoms with Crippen LogP contribution >= 0.6 is 11.8 Å². The molecule has 1 aromatic carbocycles. The van der Waals surface area contributed by atoms with Gasteiger partial charge in [0.15, 0.2) is 0 Å². The number of rotatable bonds is 2. The predicted molar refractivity (Wildman–Crippen MR) is 77.1 cm³/mol. The Morgan fingerprint density at radius 2 is 2.12 bits per heavy atom. The number of fused-ring (bicyclic) bond motifs is 1. The van der Waals surface area contributed by atoms with Gasteiger partial charge < -0.3 is 10.6 Å². The molecule has 2 atom stereocenters. The van der Waals surface area contributed by atoms with E-state index in [0.717, 1.165) is 6.54 Å². The first-order valence-corrected chi connectivity index (χ1v) is 7.16. The zero-order valence-corrected chi connectivity index (χ0v) is 11.9. The minimum Gasteiger partial charge on any atom is -0.370 e. The fraction of sp³-hybridized carbons (Fsp3) is 0.571. The normalized spacial score (nSPS) is 24.0. The minimum absolute atomic E-state index is 0.495. The van der Waals surface area contributed by atoms with Crippen molar-refractivity contribution in [2.45, 2.75) is 42.9 Å². The summed E-state index contributed by atoms with van der Waals surface area (Å²) in [6.07, 6.45) is 0. The molecule has 94 valence electrons. The quantitative estimate of drug-likeness (QED) is 0.874. The van der Waals surface area contributed by atoms with Gasteiger partial charge in [0.05, 0.1) is 5.69 Å². The Kier molecular flexibility index (Phi) is 3.69. The van der Waals surface area contributed by atoms with Crippen molar-refractivity contribution in [2.75, 3.05) is 18.5 Å². The van der Waals surface area contributed by atoms with Gasteiger partial charge in [0.25, 0.3) is 0 Å². The smallest absolute Gasteiger partial charge is 0.0504 e. The van der Waals surface area contributed by atoms with Gasteiger partial charge in [-0.15, -0.1) is 11.8 Å². The topological polar surface area (TPSA) is 29.3 Å². The van der Waals surface area contributed by atoms with Crippen LogP contribution in [0.4, 0.5) is 5.69 Å². The maximum absolute atomic E-state index is 5.86. The number of hydrogen-bond acceptors (Lipinski definition) is 3. The highest BCUT2D eigenvalue weighted by Crippen LogP contribution is 2.41. The molecule has 1 aliphatic rings. The molecule has 2 N–H and O–H groups in total. The summed E-state index contributed by atoms with van der Waals surface area (Å²) >= 11 is 1.93. The molecule has 2 nitrogen and oxygen atoms in total. The van der Waals surface area contributed by atoms with Crippen LogP contribution < -0.4 is 10.6 Å². The first kappa shape index (κ1) is 12.8. The Morgan fingerprint density at radius 1 is 1.41 bits per heavy atom. The third kappa shape index (κ3) is 2.31. The molecule has 0 fully saturated rings. The number of thioether (sulfide) groups is 1. The summed E-state index contributed by atoms with van der Waals surface area (Å²) in [5.41, 5.74) is 8.62. The van der Waals surface area contributed by atoms with Crippen molar-refractivity contribution in [2.24, 2.45) is 5.73 Å². The molecule has 1 aliphatic heterocycles. The van der Waals surface area contributed by atoms with Gasteiger partial charge in [0.2, 0.25) is 0 Å². The lowest BCUT2D eigenvalue weighted by Gasteiger charge is -2.39. The standard InChI is InChI=1S/C14H22N2S/c1-9(2)11-5-6-12-13(7-11)17-14(8-15)10(3)16(12)4/h5-7,9-10,14H,8,15H2,1-4H3. The van der Waals surface area contributed by atoms with Crippen LogP contribution in [0.1, 0.15) is 32.3 Å². The monoisotopic (exact) mass is 250 g/mol. The third-order valence-corrected chi connectivity index (χ3v) is 5.16. The van der Waals surface area contributed by atoms with Crippen molar-refractivity contribution in [3.05, 3.63) is 23.8 Å². The lowest BCUT2D eigenvalue weighted by molar-refractivity contribution is 0.636. The lowest BCUT2D eigenvalue weighted by Crippen LogP contribution is -2.44. The van der Waals surface area contributed by atoms with E-state index in [2.05, 4.69) is 50.9 Å². The summed E-state index contributed by atoms with van der Waals surface area (Å²) in [5, 5.41) is 0.495. The summed E-state index contributed by atoms with van der Waals surface area (Å²) in [4.78, 5) is 3.74. The molecule has 0 radical (unpaired) electrons. The van der Waals surface area contributed by atoms with Crippen molar-refractivity contribution >= 4 is 17.4 Å². The van der Waals surface area contributed by atoms with Gasteiger partial charge in [0.1, 0.15) is 0 Å². The van der Waals surface area contributed by atoms with E-state index in [0.29, 0.717) is 17.2 Å². The van der Waals surface area contributed by atoms with E-state index in [1.807, 2.05) is 11.8 Å². The molecule has 2 unspecified atom stereocenters. The molecule has 3 heteroatoms. The number of anilines is 1. The van der Waals surface area contributed by atoms with E-state index in [4.69, 9.17) is 5.73 Å². The van der Waals surface area contributed by atoms with Crippen LogP contribution in [0, 0.1) is 0 Å². The molecule has 0 spiro atoms. The summed E-state index contributed by atoms with van der Waals surface area (Å²) in [7, 11) is 2.17. The molecule has 17 heavy (non-hydrogen) atoms. The summed E-state index contributed by atoms with van der Waals surface area (Å²) in [6.45, 7) is 7.47. The molecule has 2 rings (SSSR count). The number of nitrogens with zero attached hydrogens (tertiary/aromatic N) is 1. The molecule has 0 saturated heterocycles. The Hall–Kier alpha value is -0.670. The Labute approximate surface area is 109 Å². The van der Waals surface area contributed by atoms with Gasteiger partial charge >= 0.3 is 0 Å². The molecule has 0 bridgehead atoms. The predicted octanol–water partition coefficient (Wildman–Crippen LogP) is 3.07. The fourth-order valence-electron chi connectivity index (χ4n) is 2.25. The second-order valence-corrected chi connectivity index (χ2v) is 6.41. The summed E-state index contributed by atoms with van der Waals surface area (Å²) in [5.74, 6) is 0.585. The van der Waals surface area contributed by atoms with E-state index < -0.39 is 0 Å². The van der Waals surface area contributed by atoms with E-state index in [9.17, 15) is 0 Å². The zero-order chi connectivity index (χ0) is 12.6. The van der Waals surface area contributed by atoms with Crippen molar-refractivity contribution < 1.29 is 0 Å². The highest BCUT2D eigenvalue weighted by atomic mass is 32.2. The van der Waals surface area contributed by atoms with Gasteiger partial charge in [0, 0.05) is 29.8 Å². The third-order valence-electron chi connectivity index (χ3n) is 3.69. The number of nitrogens with two attached hydrogens (primary N) is 1. The maximum Gasteiger partial charge on any atom is 0.0504 e. The molecule has 0 aliphatic carbocycles. The first-order chi connectivity index (χ1) is 8.04. The van der Waals surface area contributed by atoms with Gasteiger partial charge in [-0.1, -0.05) is 19.9 Å². The molecule has 1 aromatic rings. The van der Waals surface area contributed by atoms with E-state index in [1.165, 1.54) is 16.1 Å². The van der Waals surface area contributed by atoms with Gasteiger partial charge in [-0.2, -0.15) is 0 Å². The average molecular weight is 250 g/mol. The zero-order valence-electron chi connectivity index (χ0n) is 11.1. The van der Waals surface area contributed by atoms with E-state index in [-0.39, 0.29) is 0 Å². The number of benzene rings is 1. The Balaban J connectivity index is 2.39. The van der Waals surface area contributed by atoms with Crippen LogP contribution in [-0.4, -0.2) is 24.9 Å². The van der Waals surface area contributed by atoms with Crippen LogP contribution in [-0.2, 0) is 0 Å². The minimum atomic E-state index is 0.495. The Morgan fingerprint density at radius 3 is 2.71 bits per heavy atom. The first-order valence-electron chi connectivity index (χ1n) is 6.28. The van der Waals surface area contributed by atoms with Crippen molar-refractivity contribution in [3.8, 4) is 0 Å². The molecule has 0 aromatic heterocycles. The van der Waals surface area contributed by atoms with Crippen molar-refractivity contribution in [3.63, 3.8) is 0 Å². The largest absolute Gasteiger partial charge is 0.370 e. The SMILES string of the molecule is CC(C)c1ccc2c(c1)SC(CN)C(C)N2C. The van der Waals surface area contributed by atoms with Crippen LogP contribution in [0.15, 0.2) is 23.1 Å². The second-order valence-electron chi connectivity index (χ2n) is 5.13. The lowest BCUT2D eigenvalue weighted by atomic mass is 10.0. The van der Waals surface area contributed by atoms with Gasteiger partial charge in [-0.25, -0.2) is 0 Å². The van der Waals surface area contributed by atoms with Crippen LogP contribution in [0.25, 0.3) is 0 Å². The number of hydrogen-bond donors (Lipinski definition) is 1. The maximum atomic E-state index is 5.86. The highest BCUT2D eigenvalue weighted by molar-refractivity contribution is 8.00. The van der Waals surface area contributed by atoms with Crippen LogP contribution in [0.5, 0.6) is 0 Å². The average Bonchev–Trinajstić information content (AvgIpc) is 2.33. The Bertz CT molecular complexity index is 403. The van der Waals surface area contributed by atoms with E-state index >= 15 is 0 Å². The summed E-state index contributed by atoms with van der Waals surface area (Å²) < 4.78 is 0. The van der Waals surface area contributed by atoms with Gasteiger partial charge in [-0.05, 0) is 30.5 Å². The molecular formula is C14H22N2S. The molecule has 1 heterocycles. The van der Waals surface area contributed by atoms with Crippen LogP contribution in [0.2, 0.25) is 0 Å². The van der Waals surface area contributed by atoms with Gasteiger partial charge in [-0.3, -0.25) is 0 Å². The fourth-order valence-corrected chi connectivity index (χ4v) is 3.59. The molecule has 0 saturated carbocycles. The second kappa shape index (κ2) is 4.91. The highest BCUT2D eigenvalue weighted by Gasteiger charge is 2.29. The van der Waals surface area contributed by atoms with E-state index in [1.54, 1.807) is 0 Å². The summed E-state index contributed by atoms with van der Waals surface area (Å²) in [6, 6.07) is 7.33. The van der Waals surface area contributed by atoms with Crippen molar-refractivity contribution in [1.82, 2.24) is 0 Å². The molecular weight excluding hydrogens is 228 g/mol. The molecule has 0 amide bonds. The van der Waals surface area contributed by atoms with Crippen LogP contribution in [0.3, 0.4) is 0 Å².